The van der Waals surface area contributed by atoms with E-state index in [1.54, 1.807) is 6.92 Å². The predicted octanol–water partition coefficient (Wildman–Crippen LogP) is -0.0985. The van der Waals surface area contributed by atoms with Crippen molar-refractivity contribution in [2.75, 3.05) is 6.54 Å². The van der Waals surface area contributed by atoms with Crippen molar-refractivity contribution in [2.24, 2.45) is 0 Å². The highest BCUT2D eigenvalue weighted by atomic mass is 16.5. The molecule has 2 N–H and O–H groups in total. The van der Waals surface area contributed by atoms with Crippen molar-refractivity contribution in [3.8, 4) is 0 Å². The van der Waals surface area contributed by atoms with Crippen molar-refractivity contribution in [3.05, 3.63) is 11.7 Å². The Morgan fingerprint density at radius 3 is 2.75 bits per heavy atom. The van der Waals surface area contributed by atoms with Crippen LogP contribution in [0, 0.1) is 6.92 Å². The molecule has 7 nitrogen and oxygen atoms in total. The van der Waals surface area contributed by atoms with Crippen LogP contribution < -0.4 is 5.32 Å². The van der Waals surface area contributed by atoms with E-state index in [-0.39, 0.29) is 25.3 Å². The van der Waals surface area contributed by atoms with Gasteiger partial charge in [0.05, 0.1) is 6.42 Å². The first-order chi connectivity index (χ1) is 7.58. The standard InChI is InChI=1S/C9H13N3O4/c1-6-11-8(16-12-6)3-2-7(13)10-5-4-9(14)15/h2-5H2,1H3,(H,10,13)(H,14,15). The van der Waals surface area contributed by atoms with E-state index >= 15 is 0 Å². The number of aromatic nitrogens is 2. The van der Waals surface area contributed by atoms with Gasteiger partial charge in [-0.1, -0.05) is 5.16 Å². The van der Waals surface area contributed by atoms with Crippen LogP contribution in [-0.2, 0) is 16.0 Å². The number of aryl methyl sites for hydroxylation is 2. The molecule has 0 saturated carbocycles. The second-order valence-electron chi connectivity index (χ2n) is 3.23. The number of hydrogen-bond donors (Lipinski definition) is 2. The molecule has 0 aromatic carbocycles. The van der Waals surface area contributed by atoms with Crippen LogP contribution in [0.25, 0.3) is 0 Å². The number of nitrogens with zero attached hydrogens (tertiary/aromatic N) is 2. The molecule has 1 aromatic heterocycles. The minimum Gasteiger partial charge on any atom is -0.481 e. The van der Waals surface area contributed by atoms with Gasteiger partial charge in [-0.3, -0.25) is 9.59 Å². The van der Waals surface area contributed by atoms with Crippen molar-refractivity contribution >= 4 is 11.9 Å². The average molecular weight is 227 g/mol. The topological polar surface area (TPSA) is 105 Å². The van der Waals surface area contributed by atoms with Crippen molar-refractivity contribution in [1.29, 1.82) is 0 Å². The maximum atomic E-state index is 11.2. The van der Waals surface area contributed by atoms with Crippen LogP contribution in [0.1, 0.15) is 24.6 Å². The second-order valence-corrected chi connectivity index (χ2v) is 3.23. The molecule has 0 spiro atoms. The zero-order valence-electron chi connectivity index (χ0n) is 8.89. The average Bonchev–Trinajstić information content (AvgIpc) is 2.61. The fraction of sp³-hybridized carbons (Fsp3) is 0.556. The Hall–Kier alpha value is -1.92. The Bertz CT molecular complexity index is 375. The molecule has 88 valence electrons. The van der Waals surface area contributed by atoms with Crippen molar-refractivity contribution in [2.45, 2.75) is 26.2 Å². The largest absolute Gasteiger partial charge is 0.481 e. The lowest BCUT2D eigenvalue weighted by molar-refractivity contribution is -0.136. The molecule has 1 rings (SSSR count). The highest BCUT2D eigenvalue weighted by Gasteiger charge is 2.07. The monoisotopic (exact) mass is 227 g/mol. The molecule has 0 radical (unpaired) electrons. The lowest BCUT2D eigenvalue weighted by Gasteiger charge is -2.00. The Morgan fingerprint density at radius 2 is 2.19 bits per heavy atom. The Kier molecular flexibility index (Phi) is 4.43. The molecule has 0 unspecified atom stereocenters. The van der Waals surface area contributed by atoms with Gasteiger partial charge in [0, 0.05) is 19.4 Å². The Labute approximate surface area is 91.8 Å². The van der Waals surface area contributed by atoms with Gasteiger partial charge in [0.1, 0.15) is 0 Å². The molecule has 7 heteroatoms. The molecule has 0 aliphatic carbocycles. The first-order valence-electron chi connectivity index (χ1n) is 4.85. The molecule has 16 heavy (non-hydrogen) atoms. The van der Waals surface area contributed by atoms with Crippen molar-refractivity contribution in [1.82, 2.24) is 15.5 Å². The molecule has 0 aliphatic heterocycles. The third kappa shape index (κ3) is 4.54. The summed E-state index contributed by atoms with van der Waals surface area (Å²) in [5.41, 5.74) is 0. The summed E-state index contributed by atoms with van der Waals surface area (Å²) in [6, 6.07) is 0. The van der Waals surface area contributed by atoms with Gasteiger partial charge in [-0.25, -0.2) is 0 Å². The van der Waals surface area contributed by atoms with E-state index in [9.17, 15) is 9.59 Å². The van der Waals surface area contributed by atoms with Gasteiger partial charge >= 0.3 is 5.97 Å². The number of carboxylic acids is 1. The number of carboxylic acid groups (broad SMARTS) is 1. The van der Waals surface area contributed by atoms with E-state index in [0.29, 0.717) is 18.1 Å². The van der Waals surface area contributed by atoms with Crippen molar-refractivity contribution < 1.29 is 19.2 Å². The smallest absolute Gasteiger partial charge is 0.305 e. The van der Waals surface area contributed by atoms with Gasteiger partial charge in [0.15, 0.2) is 5.82 Å². The number of amides is 1. The van der Waals surface area contributed by atoms with E-state index in [1.165, 1.54) is 0 Å². The summed E-state index contributed by atoms with van der Waals surface area (Å²) in [6.07, 6.45) is 0.492. The Balaban J connectivity index is 2.17. The van der Waals surface area contributed by atoms with Crippen LogP contribution in [0.15, 0.2) is 4.52 Å². The molecule has 0 bridgehead atoms. The molecule has 0 fully saturated rings. The summed E-state index contributed by atoms with van der Waals surface area (Å²) >= 11 is 0. The van der Waals surface area contributed by atoms with Crippen LogP contribution >= 0.6 is 0 Å². The van der Waals surface area contributed by atoms with Gasteiger partial charge in [-0.2, -0.15) is 4.98 Å². The molecule has 1 aromatic rings. The van der Waals surface area contributed by atoms with Crippen LogP contribution in [0.5, 0.6) is 0 Å². The summed E-state index contributed by atoms with van der Waals surface area (Å²) < 4.78 is 4.82. The van der Waals surface area contributed by atoms with E-state index in [1.807, 2.05) is 0 Å². The summed E-state index contributed by atoms with van der Waals surface area (Å²) in [7, 11) is 0. The fourth-order valence-corrected chi connectivity index (χ4v) is 1.06. The second kappa shape index (κ2) is 5.84. The molecular weight excluding hydrogens is 214 g/mol. The predicted molar refractivity (Wildman–Crippen MR) is 52.6 cm³/mol. The third-order valence-electron chi connectivity index (χ3n) is 1.80. The highest BCUT2D eigenvalue weighted by Crippen LogP contribution is 1.99. The van der Waals surface area contributed by atoms with Crippen LogP contribution in [-0.4, -0.2) is 33.7 Å². The van der Waals surface area contributed by atoms with Gasteiger partial charge in [0.25, 0.3) is 0 Å². The first kappa shape index (κ1) is 12.2. The van der Waals surface area contributed by atoms with E-state index in [0.717, 1.165) is 0 Å². The van der Waals surface area contributed by atoms with Gasteiger partial charge in [0.2, 0.25) is 11.8 Å². The summed E-state index contributed by atoms with van der Waals surface area (Å²) in [5.74, 6) is -0.225. The molecule has 1 heterocycles. The van der Waals surface area contributed by atoms with E-state index in [4.69, 9.17) is 9.63 Å². The normalized spacial score (nSPS) is 10.1. The van der Waals surface area contributed by atoms with E-state index < -0.39 is 5.97 Å². The number of carbonyl (C=O) groups excluding carboxylic acids is 1. The number of nitrogens with one attached hydrogen (secondary N) is 1. The molecule has 0 saturated heterocycles. The van der Waals surface area contributed by atoms with Crippen molar-refractivity contribution in [3.63, 3.8) is 0 Å². The zero-order valence-corrected chi connectivity index (χ0v) is 8.89. The Morgan fingerprint density at radius 1 is 1.44 bits per heavy atom. The quantitative estimate of drug-likeness (QED) is 0.703. The number of aliphatic carboxylic acids is 1. The lowest BCUT2D eigenvalue weighted by Crippen LogP contribution is -2.26. The zero-order chi connectivity index (χ0) is 12.0. The summed E-state index contributed by atoms with van der Waals surface area (Å²) in [6.45, 7) is 1.83. The van der Waals surface area contributed by atoms with Crippen LogP contribution in [0.3, 0.4) is 0 Å². The number of carbonyl (C=O) groups is 2. The van der Waals surface area contributed by atoms with E-state index in [2.05, 4.69) is 15.5 Å². The SMILES string of the molecule is Cc1noc(CCC(=O)NCCC(=O)O)n1. The number of hydrogen-bond acceptors (Lipinski definition) is 5. The van der Waals surface area contributed by atoms with Gasteiger partial charge in [-0.15, -0.1) is 0 Å². The van der Waals surface area contributed by atoms with Gasteiger partial charge in [-0.05, 0) is 6.92 Å². The lowest BCUT2D eigenvalue weighted by atomic mass is 10.3. The summed E-state index contributed by atoms with van der Waals surface area (Å²) in [4.78, 5) is 25.3. The molecule has 0 aliphatic rings. The highest BCUT2D eigenvalue weighted by molar-refractivity contribution is 5.76. The maximum Gasteiger partial charge on any atom is 0.305 e. The fourth-order valence-electron chi connectivity index (χ4n) is 1.06. The first-order valence-corrected chi connectivity index (χ1v) is 4.85. The molecule has 0 atom stereocenters. The molecular formula is C9H13N3O4. The minimum atomic E-state index is -0.937. The number of rotatable bonds is 6. The maximum absolute atomic E-state index is 11.2. The minimum absolute atomic E-state index is 0.0780. The molecule has 1 amide bonds. The van der Waals surface area contributed by atoms with Gasteiger partial charge < -0.3 is 14.9 Å². The van der Waals surface area contributed by atoms with Crippen LogP contribution in [0.4, 0.5) is 0 Å². The van der Waals surface area contributed by atoms with Crippen LogP contribution in [0.2, 0.25) is 0 Å². The summed E-state index contributed by atoms with van der Waals surface area (Å²) in [5, 5.41) is 14.4. The third-order valence-corrected chi connectivity index (χ3v) is 1.80.